The third-order valence-corrected chi connectivity index (χ3v) is 5.72. The van der Waals surface area contributed by atoms with Gasteiger partial charge in [0, 0.05) is 12.0 Å². The minimum atomic E-state index is -0.0699. The molecular weight excluding hydrogens is 374 g/mol. The van der Waals surface area contributed by atoms with Gasteiger partial charge in [-0.25, -0.2) is 9.67 Å². The predicted molar refractivity (Wildman–Crippen MR) is 119 cm³/mol. The van der Waals surface area contributed by atoms with Crippen molar-refractivity contribution in [1.29, 1.82) is 0 Å². The molecule has 0 fully saturated rings. The van der Waals surface area contributed by atoms with Crippen LogP contribution >= 0.6 is 0 Å². The molecule has 6 heteroatoms. The van der Waals surface area contributed by atoms with Crippen LogP contribution in [-0.2, 0) is 6.42 Å². The molecule has 30 heavy (non-hydrogen) atoms. The summed E-state index contributed by atoms with van der Waals surface area (Å²) >= 11 is 0. The van der Waals surface area contributed by atoms with Crippen molar-refractivity contribution in [3.05, 3.63) is 76.2 Å². The third-order valence-electron chi connectivity index (χ3n) is 5.72. The van der Waals surface area contributed by atoms with Crippen LogP contribution in [0.15, 0.2) is 48.2 Å². The van der Waals surface area contributed by atoms with Crippen molar-refractivity contribution in [2.75, 3.05) is 5.73 Å². The number of nitrogen functional groups attached to an aromatic ring is 1. The molecule has 2 aromatic carbocycles. The lowest BCUT2D eigenvalue weighted by Crippen LogP contribution is -2.08. The number of nitrogens with zero attached hydrogens (tertiary/aromatic N) is 3. The van der Waals surface area contributed by atoms with Crippen LogP contribution in [0.25, 0.3) is 22.8 Å². The molecule has 0 saturated carbocycles. The number of hydrogen-bond acceptors (Lipinski definition) is 4. The normalized spacial score (nSPS) is 13.1. The van der Waals surface area contributed by atoms with Crippen LogP contribution in [0.4, 0.5) is 5.82 Å². The van der Waals surface area contributed by atoms with Crippen molar-refractivity contribution in [3.8, 4) is 5.69 Å². The number of carbonyl (C=O) groups is 1. The van der Waals surface area contributed by atoms with Gasteiger partial charge in [-0.3, -0.25) is 4.79 Å². The van der Waals surface area contributed by atoms with Gasteiger partial charge in [-0.05, 0) is 53.8 Å². The van der Waals surface area contributed by atoms with E-state index in [1.807, 2.05) is 31.2 Å². The molecular formula is C24H23N5O. The maximum atomic E-state index is 13.2. The molecule has 0 aliphatic heterocycles. The van der Waals surface area contributed by atoms with E-state index < -0.39 is 0 Å². The summed E-state index contributed by atoms with van der Waals surface area (Å²) in [5, 5.41) is 4.39. The Morgan fingerprint density at radius 3 is 2.83 bits per heavy atom. The van der Waals surface area contributed by atoms with Crippen molar-refractivity contribution in [1.82, 2.24) is 19.7 Å². The molecule has 0 unspecified atom stereocenters. The van der Waals surface area contributed by atoms with E-state index in [9.17, 15) is 4.79 Å². The van der Waals surface area contributed by atoms with Crippen molar-refractivity contribution in [3.63, 3.8) is 0 Å². The summed E-state index contributed by atoms with van der Waals surface area (Å²) in [6.45, 7) is 6.25. The van der Waals surface area contributed by atoms with Crippen LogP contribution in [0.3, 0.4) is 0 Å². The van der Waals surface area contributed by atoms with Gasteiger partial charge in [-0.1, -0.05) is 32.0 Å². The number of imidazole rings is 1. The van der Waals surface area contributed by atoms with Crippen molar-refractivity contribution in [2.45, 2.75) is 33.1 Å². The first-order valence-electron chi connectivity index (χ1n) is 10.1. The number of Topliss-reactive ketones (excluding diaryl/α,β-unsaturated/α-hetero) is 1. The zero-order valence-electron chi connectivity index (χ0n) is 17.2. The number of carbonyl (C=O) groups excluding carboxylic acids is 1. The average Bonchev–Trinajstić information content (AvgIpc) is 3.41. The van der Waals surface area contributed by atoms with Gasteiger partial charge in [0.15, 0.2) is 5.78 Å². The van der Waals surface area contributed by atoms with Gasteiger partial charge in [0.05, 0.1) is 28.5 Å². The van der Waals surface area contributed by atoms with Crippen LogP contribution in [-0.4, -0.2) is 25.5 Å². The number of aromatic nitrogens is 4. The van der Waals surface area contributed by atoms with Gasteiger partial charge in [-0.2, -0.15) is 5.10 Å². The number of aromatic amines is 1. The lowest BCUT2D eigenvalue weighted by atomic mass is 9.98. The van der Waals surface area contributed by atoms with Crippen LogP contribution in [0.1, 0.15) is 52.6 Å². The number of allylic oxidation sites excluding steroid dienone is 1. The van der Waals surface area contributed by atoms with Crippen molar-refractivity contribution >= 4 is 28.7 Å². The second-order valence-corrected chi connectivity index (χ2v) is 8.17. The summed E-state index contributed by atoms with van der Waals surface area (Å²) in [4.78, 5) is 20.8. The fraction of sp³-hybridized carbons (Fsp3) is 0.208. The first-order chi connectivity index (χ1) is 14.4. The smallest absolute Gasteiger partial charge is 0.194 e. The Morgan fingerprint density at radius 1 is 1.20 bits per heavy atom. The monoisotopic (exact) mass is 397 g/mol. The number of H-pyrrole nitrogens is 1. The van der Waals surface area contributed by atoms with Crippen LogP contribution in [0.5, 0.6) is 0 Å². The first-order valence-corrected chi connectivity index (χ1v) is 10.1. The van der Waals surface area contributed by atoms with Gasteiger partial charge in [0.2, 0.25) is 0 Å². The van der Waals surface area contributed by atoms with E-state index in [1.165, 1.54) is 11.1 Å². The lowest BCUT2D eigenvalue weighted by molar-refractivity contribution is 0.103. The zero-order chi connectivity index (χ0) is 21.0. The highest BCUT2D eigenvalue weighted by Gasteiger charge is 2.24. The maximum Gasteiger partial charge on any atom is 0.194 e. The molecule has 0 saturated heterocycles. The zero-order valence-corrected chi connectivity index (χ0v) is 17.2. The molecule has 1 aliphatic rings. The summed E-state index contributed by atoms with van der Waals surface area (Å²) < 4.78 is 1.60. The maximum absolute atomic E-state index is 13.2. The van der Waals surface area contributed by atoms with Gasteiger partial charge in [0.1, 0.15) is 11.6 Å². The molecule has 0 radical (unpaired) electrons. The highest BCUT2D eigenvalue weighted by atomic mass is 16.1. The molecule has 1 aliphatic carbocycles. The van der Waals surface area contributed by atoms with Crippen molar-refractivity contribution in [2.24, 2.45) is 0 Å². The molecule has 0 bridgehead atoms. The largest absolute Gasteiger partial charge is 0.383 e. The quantitative estimate of drug-likeness (QED) is 0.493. The fourth-order valence-corrected chi connectivity index (χ4v) is 4.03. The molecule has 150 valence electrons. The summed E-state index contributed by atoms with van der Waals surface area (Å²) in [6.07, 6.45) is 4.17. The van der Waals surface area contributed by atoms with E-state index in [2.05, 4.69) is 47.1 Å². The standard InChI is InChI=1S/C24H23N5O/c1-13(2)15-4-5-16-9-18(10-17(16)8-15)23(30)20-12-26-29(24(20)25)19-6-7-21-22(11-19)28-14(3)27-21/h4-8,10-13H,9,25H2,1-3H3,(H,27,28). The summed E-state index contributed by atoms with van der Waals surface area (Å²) in [7, 11) is 0. The molecule has 0 atom stereocenters. The van der Waals surface area contributed by atoms with Crippen LogP contribution < -0.4 is 5.73 Å². The van der Waals surface area contributed by atoms with Gasteiger partial charge >= 0.3 is 0 Å². The van der Waals surface area contributed by atoms with E-state index in [0.717, 1.165) is 33.7 Å². The number of hydrogen-bond donors (Lipinski definition) is 2. The Kier molecular flexibility index (Phi) is 4.10. The van der Waals surface area contributed by atoms with Gasteiger partial charge in [-0.15, -0.1) is 0 Å². The average molecular weight is 397 g/mol. The Balaban J connectivity index is 1.47. The third kappa shape index (κ3) is 2.92. The SMILES string of the molecule is Cc1nc2ccc(-n3ncc(C(=O)C4=Cc5cc(C(C)C)ccc5C4)c3N)cc2[nH]1. The summed E-state index contributed by atoms with van der Waals surface area (Å²) in [6, 6.07) is 12.2. The summed E-state index contributed by atoms with van der Waals surface area (Å²) in [5.74, 6) is 1.57. The number of aryl methyl sites for hydroxylation is 1. The highest BCUT2D eigenvalue weighted by molar-refractivity contribution is 6.15. The number of anilines is 1. The fourth-order valence-electron chi connectivity index (χ4n) is 4.03. The second kappa shape index (κ2) is 6.69. The molecule has 0 amide bonds. The Hall–Kier alpha value is -3.67. The van der Waals surface area contributed by atoms with Gasteiger partial charge < -0.3 is 10.7 Å². The van der Waals surface area contributed by atoms with E-state index in [1.54, 1.807) is 10.9 Å². The number of rotatable bonds is 4. The number of benzene rings is 2. The first kappa shape index (κ1) is 18.4. The Morgan fingerprint density at radius 2 is 2.03 bits per heavy atom. The minimum Gasteiger partial charge on any atom is -0.383 e. The van der Waals surface area contributed by atoms with Gasteiger partial charge in [0.25, 0.3) is 0 Å². The molecule has 2 heterocycles. The van der Waals surface area contributed by atoms with Crippen LogP contribution in [0, 0.1) is 6.92 Å². The number of ketones is 1. The van der Waals surface area contributed by atoms with Crippen molar-refractivity contribution < 1.29 is 4.79 Å². The highest BCUT2D eigenvalue weighted by Crippen LogP contribution is 2.31. The number of nitrogens with one attached hydrogen (secondary N) is 1. The molecule has 5 rings (SSSR count). The molecule has 4 aromatic rings. The van der Waals surface area contributed by atoms with Crippen LogP contribution in [0.2, 0.25) is 0 Å². The summed E-state index contributed by atoms with van der Waals surface area (Å²) in [5.41, 5.74) is 13.7. The second-order valence-electron chi connectivity index (χ2n) is 8.17. The van der Waals surface area contributed by atoms with E-state index in [-0.39, 0.29) is 5.78 Å². The lowest BCUT2D eigenvalue weighted by Gasteiger charge is -2.07. The number of nitrogens with two attached hydrogens (primary N) is 1. The molecule has 3 N–H and O–H groups in total. The molecule has 2 aromatic heterocycles. The van der Waals surface area contributed by atoms with E-state index >= 15 is 0 Å². The minimum absolute atomic E-state index is 0.0699. The topological polar surface area (TPSA) is 89.6 Å². The molecule has 0 spiro atoms. The Labute approximate surface area is 174 Å². The van der Waals surface area contributed by atoms with E-state index in [0.29, 0.717) is 23.7 Å². The predicted octanol–water partition coefficient (Wildman–Crippen LogP) is 4.59. The van der Waals surface area contributed by atoms with E-state index in [4.69, 9.17) is 5.73 Å². The number of fused-ring (bicyclic) bond motifs is 2. The molecule has 6 nitrogen and oxygen atoms in total. The Bertz CT molecular complexity index is 1340.